The zero-order valence-electron chi connectivity index (χ0n) is 24.9. The van der Waals surface area contributed by atoms with Gasteiger partial charge in [0.2, 0.25) is 0 Å². The number of hydrogen-bond acceptors (Lipinski definition) is 6. The fourth-order valence-corrected chi connectivity index (χ4v) is 6.07. The first-order valence-electron chi connectivity index (χ1n) is 13.4. The van der Waals surface area contributed by atoms with Crippen LogP contribution >= 0.6 is 0 Å². The molecule has 9 nitrogen and oxygen atoms in total. The summed E-state index contributed by atoms with van der Waals surface area (Å²) < 4.78 is 41.3. The second kappa shape index (κ2) is 12.5. The van der Waals surface area contributed by atoms with Crippen LogP contribution in [0.15, 0.2) is 76.7 Å². The lowest BCUT2D eigenvalue weighted by Crippen LogP contribution is -2.39. The first-order valence-corrected chi connectivity index (χ1v) is 14.8. The number of anilines is 1. The maximum Gasteiger partial charge on any atom is 0.264 e. The van der Waals surface area contributed by atoms with Gasteiger partial charge in [0.05, 0.1) is 31.0 Å². The zero-order valence-corrected chi connectivity index (χ0v) is 25.7. The molecule has 0 saturated heterocycles. The Morgan fingerprint density at radius 1 is 0.881 bits per heavy atom. The number of sulfonamides is 1. The van der Waals surface area contributed by atoms with Gasteiger partial charge in [-0.15, -0.1) is 0 Å². The van der Waals surface area contributed by atoms with Crippen molar-refractivity contribution in [2.75, 3.05) is 25.1 Å². The van der Waals surface area contributed by atoms with E-state index in [9.17, 15) is 13.2 Å². The number of methoxy groups -OCH3 is 2. The van der Waals surface area contributed by atoms with E-state index in [0.29, 0.717) is 11.5 Å². The van der Waals surface area contributed by atoms with E-state index in [4.69, 9.17) is 9.47 Å². The normalized spacial score (nSPS) is 11.5. The number of nitrogens with one attached hydrogen (secondary N) is 1. The summed E-state index contributed by atoms with van der Waals surface area (Å²) in [5.41, 5.74) is 9.91. The molecule has 10 heteroatoms. The predicted octanol–water partition coefficient (Wildman–Crippen LogP) is 5.38. The van der Waals surface area contributed by atoms with Crippen molar-refractivity contribution in [2.45, 2.75) is 39.5 Å². The summed E-state index contributed by atoms with van der Waals surface area (Å²) in [7, 11) is -1.17. The Kier molecular flexibility index (Phi) is 9.06. The highest BCUT2D eigenvalue weighted by atomic mass is 32.2. The van der Waals surface area contributed by atoms with Crippen molar-refractivity contribution >= 4 is 27.8 Å². The molecule has 0 saturated carbocycles. The quantitative estimate of drug-likeness (QED) is 0.198. The van der Waals surface area contributed by atoms with Gasteiger partial charge in [0.15, 0.2) is 11.5 Å². The minimum absolute atomic E-state index is 0.0537. The largest absolute Gasteiger partial charge is 0.493 e. The summed E-state index contributed by atoms with van der Waals surface area (Å²) >= 11 is 0. The predicted molar refractivity (Wildman–Crippen MR) is 166 cm³/mol. The molecule has 0 aliphatic rings. The molecule has 220 valence electrons. The monoisotopic (exact) mass is 588 g/mol. The van der Waals surface area contributed by atoms with E-state index in [1.54, 1.807) is 30.5 Å². The van der Waals surface area contributed by atoms with Crippen molar-refractivity contribution in [3.8, 4) is 17.2 Å². The van der Waals surface area contributed by atoms with Crippen LogP contribution in [0.5, 0.6) is 11.5 Å². The van der Waals surface area contributed by atoms with Gasteiger partial charge in [0.25, 0.3) is 15.9 Å². The minimum atomic E-state index is -4.11. The lowest BCUT2D eigenvalue weighted by molar-refractivity contribution is -0.119. The number of hydrazone groups is 1. The Morgan fingerprint density at radius 2 is 1.57 bits per heavy atom. The number of rotatable bonds is 10. The summed E-state index contributed by atoms with van der Waals surface area (Å²) in [5, 5.41) is 4.15. The molecule has 0 aliphatic heterocycles. The summed E-state index contributed by atoms with van der Waals surface area (Å²) in [6.07, 6.45) is 1.56. The summed E-state index contributed by atoms with van der Waals surface area (Å²) in [5.74, 6) is 0.151. The Bertz CT molecular complexity index is 1740. The fraction of sp³-hybridized carbons (Fsp3) is 0.250. The van der Waals surface area contributed by atoms with Gasteiger partial charge in [-0.05, 0) is 88.2 Å². The number of ether oxygens (including phenoxy) is 2. The van der Waals surface area contributed by atoms with Crippen LogP contribution in [0.1, 0.15) is 33.6 Å². The molecule has 0 unspecified atom stereocenters. The fourth-order valence-electron chi connectivity index (χ4n) is 4.65. The van der Waals surface area contributed by atoms with Crippen LogP contribution in [0.25, 0.3) is 5.69 Å². The molecule has 1 amide bonds. The molecule has 1 N–H and O–H groups in total. The smallest absolute Gasteiger partial charge is 0.264 e. The molecule has 42 heavy (non-hydrogen) atoms. The Morgan fingerprint density at radius 3 is 2.21 bits per heavy atom. The third kappa shape index (κ3) is 6.33. The zero-order chi connectivity index (χ0) is 30.6. The van der Waals surface area contributed by atoms with Crippen LogP contribution in [0, 0.1) is 34.6 Å². The Balaban J connectivity index is 1.60. The van der Waals surface area contributed by atoms with Gasteiger partial charge in [0.1, 0.15) is 6.54 Å². The first kappa shape index (κ1) is 30.4. The average Bonchev–Trinajstić information content (AvgIpc) is 3.25. The first-order chi connectivity index (χ1) is 20.0. The molecular formula is C32H36N4O5S. The highest BCUT2D eigenvalue weighted by Crippen LogP contribution is 2.34. The van der Waals surface area contributed by atoms with Crippen LogP contribution < -0.4 is 19.2 Å². The van der Waals surface area contributed by atoms with Gasteiger partial charge in [-0.25, -0.2) is 13.8 Å². The minimum Gasteiger partial charge on any atom is -0.493 e. The van der Waals surface area contributed by atoms with Crippen molar-refractivity contribution in [3.05, 3.63) is 100 Å². The summed E-state index contributed by atoms with van der Waals surface area (Å²) in [4.78, 5) is 13.1. The summed E-state index contributed by atoms with van der Waals surface area (Å²) in [6.45, 7) is 9.51. The Labute approximate surface area is 247 Å². The van der Waals surface area contributed by atoms with Gasteiger partial charge in [-0.3, -0.25) is 9.10 Å². The molecule has 4 rings (SSSR count). The number of amides is 1. The second-order valence-electron chi connectivity index (χ2n) is 10.1. The van der Waals surface area contributed by atoms with Crippen LogP contribution in [0.4, 0.5) is 5.69 Å². The third-order valence-corrected chi connectivity index (χ3v) is 8.95. The highest BCUT2D eigenvalue weighted by Gasteiger charge is 2.28. The SMILES string of the molecule is COc1ccc(N(CC(=O)N/N=C\c2cc(C)n(-c3ccc(C)c(C)c3)c2C)S(=O)(=O)c2ccc(C)cc2)cc1OC. The topological polar surface area (TPSA) is 102 Å². The number of aryl methyl sites for hydroxylation is 4. The number of hydrogen-bond donors (Lipinski definition) is 1. The maximum atomic E-state index is 13.7. The van der Waals surface area contributed by atoms with E-state index in [0.717, 1.165) is 32.5 Å². The third-order valence-electron chi connectivity index (χ3n) is 7.16. The number of aromatic nitrogens is 1. The average molecular weight is 589 g/mol. The summed E-state index contributed by atoms with van der Waals surface area (Å²) in [6, 6.07) is 19.4. The second-order valence-corrected chi connectivity index (χ2v) is 11.9. The van der Waals surface area contributed by atoms with Crippen molar-refractivity contribution in [1.82, 2.24) is 9.99 Å². The van der Waals surface area contributed by atoms with Crippen LogP contribution in [-0.2, 0) is 14.8 Å². The standard InChI is InChI=1S/C32H36N4O5S/c1-21-8-13-29(14-9-21)42(38,39)35(27-12-15-30(40-6)31(18-27)41-7)20-32(37)34-33-19-26-17-24(4)36(25(26)5)28-11-10-22(2)23(3)16-28/h8-19H,20H2,1-7H3,(H,34,37)/b33-19-. The van der Waals surface area contributed by atoms with E-state index in [2.05, 4.69) is 47.1 Å². The van der Waals surface area contributed by atoms with E-state index in [-0.39, 0.29) is 10.6 Å². The van der Waals surface area contributed by atoms with Crippen molar-refractivity contribution in [2.24, 2.45) is 5.10 Å². The van der Waals surface area contributed by atoms with Gasteiger partial charge in [-0.1, -0.05) is 23.8 Å². The van der Waals surface area contributed by atoms with E-state index < -0.39 is 22.5 Å². The molecule has 0 fully saturated rings. The van der Waals surface area contributed by atoms with E-state index in [1.807, 2.05) is 26.8 Å². The van der Waals surface area contributed by atoms with E-state index >= 15 is 0 Å². The molecule has 1 aromatic heterocycles. The molecule has 0 atom stereocenters. The molecule has 3 aromatic carbocycles. The highest BCUT2D eigenvalue weighted by molar-refractivity contribution is 7.92. The lowest BCUT2D eigenvalue weighted by atomic mass is 10.1. The van der Waals surface area contributed by atoms with Gasteiger partial charge in [-0.2, -0.15) is 5.10 Å². The number of nitrogens with zero attached hydrogens (tertiary/aromatic N) is 3. The molecule has 4 aromatic rings. The van der Waals surface area contributed by atoms with Crippen LogP contribution in [-0.4, -0.2) is 45.9 Å². The van der Waals surface area contributed by atoms with Crippen molar-refractivity contribution in [3.63, 3.8) is 0 Å². The van der Waals surface area contributed by atoms with Gasteiger partial charge < -0.3 is 14.0 Å². The van der Waals surface area contributed by atoms with Crippen LogP contribution in [0.2, 0.25) is 0 Å². The number of carbonyl (C=O) groups is 1. The molecule has 0 aliphatic carbocycles. The number of benzene rings is 3. The van der Waals surface area contributed by atoms with E-state index in [1.165, 1.54) is 43.5 Å². The van der Waals surface area contributed by atoms with Crippen molar-refractivity contribution < 1.29 is 22.7 Å². The molecule has 1 heterocycles. The molecular weight excluding hydrogens is 552 g/mol. The molecule has 0 spiro atoms. The van der Waals surface area contributed by atoms with Gasteiger partial charge >= 0.3 is 0 Å². The van der Waals surface area contributed by atoms with Gasteiger partial charge in [0, 0.05) is 28.7 Å². The number of carbonyl (C=O) groups excluding carboxylic acids is 1. The maximum absolute atomic E-state index is 13.7. The van der Waals surface area contributed by atoms with Crippen molar-refractivity contribution in [1.29, 1.82) is 0 Å². The van der Waals surface area contributed by atoms with Crippen LogP contribution in [0.3, 0.4) is 0 Å². The molecule has 0 bridgehead atoms. The molecule has 0 radical (unpaired) electrons. The lowest BCUT2D eigenvalue weighted by Gasteiger charge is -2.24. The Hall–Kier alpha value is -4.57.